The van der Waals surface area contributed by atoms with Gasteiger partial charge in [0.15, 0.2) is 0 Å². The molecule has 0 aliphatic carbocycles. The summed E-state index contributed by atoms with van der Waals surface area (Å²) in [6, 6.07) is 20.6. The van der Waals surface area contributed by atoms with Gasteiger partial charge in [0, 0.05) is 13.1 Å². The summed E-state index contributed by atoms with van der Waals surface area (Å²) >= 11 is 1.64. The Balaban J connectivity index is 1.29. The van der Waals surface area contributed by atoms with E-state index in [1.165, 1.54) is 12.8 Å². The lowest BCUT2D eigenvalue weighted by atomic mass is 9.87. The third-order valence-corrected chi connectivity index (χ3v) is 8.63. The first kappa shape index (κ1) is 23.9. The van der Waals surface area contributed by atoms with Gasteiger partial charge in [-0.15, -0.1) is 11.8 Å². The number of phenolic OH excluding ortho intramolecular Hbond substituents is 2. The van der Waals surface area contributed by atoms with Crippen LogP contribution in [0.3, 0.4) is 0 Å². The van der Waals surface area contributed by atoms with Crippen molar-refractivity contribution in [1.82, 2.24) is 4.90 Å². The molecule has 6 heteroatoms. The molecule has 0 spiro atoms. The van der Waals surface area contributed by atoms with Crippen LogP contribution in [-0.4, -0.2) is 41.4 Å². The summed E-state index contributed by atoms with van der Waals surface area (Å²) in [5.41, 5.74) is 2.46. The Kier molecular flexibility index (Phi) is 6.85. The molecule has 1 fully saturated rings. The highest BCUT2D eigenvalue weighted by molar-refractivity contribution is 7.99. The van der Waals surface area contributed by atoms with Crippen molar-refractivity contribution in [2.45, 2.75) is 42.9 Å². The minimum absolute atomic E-state index is 0.0776. The molecule has 0 unspecified atom stereocenters. The van der Waals surface area contributed by atoms with Crippen molar-refractivity contribution in [3.8, 4) is 23.0 Å². The van der Waals surface area contributed by atoms with Gasteiger partial charge in [0.25, 0.3) is 0 Å². The molecule has 1 saturated heterocycles. The molecule has 2 heterocycles. The summed E-state index contributed by atoms with van der Waals surface area (Å²) < 4.78 is 12.5. The van der Waals surface area contributed by atoms with E-state index in [2.05, 4.69) is 30.9 Å². The van der Waals surface area contributed by atoms with Crippen LogP contribution >= 0.6 is 11.8 Å². The van der Waals surface area contributed by atoms with Gasteiger partial charge in [0.05, 0.1) is 10.1 Å². The van der Waals surface area contributed by atoms with Crippen LogP contribution in [0.2, 0.25) is 0 Å². The molecule has 5 nitrogen and oxygen atoms in total. The second-order valence-electron chi connectivity index (χ2n) is 9.91. The van der Waals surface area contributed by atoms with Crippen molar-refractivity contribution in [2.75, 3.05) is 26.2 Å². The maximum Gasteiger partial charge on any atom is 0.140 e. The van der Waals surface area contributed by atoms with Gasteiger partial charge in [-0.1, -0.05) is 38.1 Å². The molecule has 2 aliphatic heterocycles. The van der Waals surface area contributed by atoms with Gasteiger partial charge < -0.3 is 19.7 Å². The van der Waals surface area contributed by atoms with Crippen molar-refractivity contribution in [3.63, 3.8) is 0 Å². The Morgan fingerprint density at radius 1 is 1.03 bits per heavy atom. The number of thioether (sulfide) groups is 1. The second kappa shape index (κ2) is 10.0. The zero-order valence-corrected chi connectivity index (χ0v) is 21.1. The molecule has 2 aliphatic rings. The highest BCUT2D eigenvalue weighted by atomic mass is 32.2. The number of aromatic hydroxyl groups is 2. The first-order valence-electron chi connectivity index (χ1n) is 12.3. The maximum absolute atomic E-state index is 10.1. The third kappa shape index (κ3) is 5.39. The molecule has 0 radical (unpaired) electrons. The Labute approximate surface area is 211 Å². The number of rotatable bonds is 7. The molecule has 3 aromatic rings. The van der Waals surface area contributed by atoms with Crippen molar-refractivity contribution in [1.29, 1.82) is 0 Å². The van der Waals surface area contributed by atoms with Crippen molar-refractivity contribution in [3.05, 3.63) is 77.9 Å². The SMILES string of the molecule is CC[C@]1(C)CCN(CCOc2ccc([C@@H]3Oc4ccc(O)cc4S[C@@H]3c3cccc(O)c3)cc2)C1. The van der Waals surface area contributed by atoms with Crippen LogP contribution in [0.15, 0.2) is 71.6 Å². The maximum atomic E-state index is 10.1. The van der Waals surface area contributed by atoms with E-state index in [0.717, 1.165) is 47.2 Å². The minimum atomic E-state index is -0.246. The molecule has 184 valence electrons. The first-order chi connectivity index (χ1) is 16.9. The van der Waals surface area contributed by atoms with Crippen LogP contribution in [0.1, 0.15) is 49.2 Å². The summed E-state index contributed by atoms with van der Waals surface area (Å²) in [7, 11) is 0. The quantitative estimate of drug-likeness (QED) is 0.390. The third-order valence-electron chi connectivity index (χ3n) is 7.28. The molecule has 35 heavy (non-hydrogen) atoms. The predicted octanol–water partition coefficient (Wildman–Crippen LogP) is 6.57. The van der Waals surface area contributed by atoms with Crippen molar-refractivity contribution >= 4 is 11.8 Å². The zero-order chi connectivity index (χ0) is 24.4. The molecular formula is C29H33NO4S. The van der Waals surface area contributed by atoms with Crippen molar-refractivity contribution < 1.29 is 19.7 Å². The van der Waals surface area contributed by atoms with Gasteiger partial charge in [0.1, 0.15) is 35.7 Å². The fraction of sp³-hybridized carbons (Fsp3) is 0.379. The van der Waals surface area contributed by atoms with Gasteiger partial charge in [-0.3, -0.25) is 4.90 Å². The van der Waals surface area contributed by atoms with E-state index in [-0.39, 0.29) is 22.9 Å². The van der Waals surface area contributed by atoms with Gasteiger partial charge in [-0.25, -0.2) is 0 Å². The second-order valence-corrected chi connectivity index (χ2v) is 11.1. The van der Waals surface area contributed by atoms with Gasteiger partial charge in [0.2, 0.25) is 0 Å². The molecule has 0 bridgehead atoms. The standard InChI is InChI=1S/C29H33NO4S/c1-3-29(2)13-14-30(19-29)15-16-33-24-10-7-20(8-11-24)27-28(21-5-4-6-22(31)17-21)35-26-18-23(32)9-12-25(26)34-27/h4-12,17-18,27-28,31-32H,3,13-16,19H2,1-2H3/t27-,28+,29+/m0/s1. The van der Waals surface area contributed by atoms with Crippen LogP contribution in [-0.2, 0) is 0 Å². The minimum Gasteiger partial charge on any atom is -0.508 e. The van der Waals surface area contributed by atoms with Gasteiger partial charge in [-0.2, -0.15) is 0 Å². The number of benzene rings is 3. The Bertz CT molecular complexity index is 1170. The first-order valence-corrected chi connectivity index (χ1v) is 13.2. The molecular weight excluding hydrogens is 458 g/mol. The molecule has 0 saturated carbocycles. The number of fused-ring (bicyclic) bond motifs is 1. The van der Waals surface area contributed by atoms with E-state index in [0.29, 0.717) is 12.0 Å². The molecule has 3 atom stereocenters. The predicted molar refractivity (Wildman–Crippen MR) is 140 cm³/mol. The van der Waals surface area contributed by atoms with Crippen LogP contribution in [0.4, 0.5) is 0 Å². The fourth-order valence-electron chi connectivity index (χ4n) is 4.92. The normalized spacial score (nSPS) is 24.1. The van der Waals surface area contributed by atoms with E-state index >= 15 is 0 Å². The topological polar surface area (TPSA) is 62.2 Å². The molecule has 2 N–H and O–H groups in total. The lowest BCUT2D eigenvalue weighted by Gasteiger charge is -2.34. The molecule has 5 rings (SSSR count). The Morgan fingerprint density at radius 3 is 2.57 bits per heavy atom. The highest BCUT2D eigenvalue weighted by Gasteiger charge is 2.34. The number of likely N-dealkylation sites (tertiary alicyclic amines) is 1. The van der Waals surface area contributed by atoms with Crippen LogP contribution in [0, 0.1) is 5.41 Å². The van der Waals surface area contributed by atoms with Gasteiger partial charge in [-0.05, 0) is 78.4 Å². The largest absolute Gasteiger partial charge is 0.508 e. The number of hydrogen-bond acceptors (Lipinski definition) is 6. The Morgan fingerprint density at radius 2 is 1.83 bits per heavy atom. The van der Waals surface area contributed by atoms with Crippen LogP contribution in [0.25, 0.3) is 0 Å². The number of hydrogen-bond donors (Lipinski definition) is 2. The number of phenols is 2. The average Bonchev–Trinajstić information content (AvgIpc) is 3.25. The van der Waals surface area contributed by atoms with E-state index in [9.17, 15) is 10.2 Å². The molecule has 0 aromatic heterocycles. The highest BCUT2D eigenvalue weighted by Crippen LogP contribution is 2.54. The van der Waals surface area contributed by atoms with E-state index in [4.69, 9.17) is 9.47 Å². The molecule has 0 amide bonds. The van der Waals surface area contributed by atoms with E-state index in [1.54, 1.807) is 36.0 Å². The molecule has 3 aromatic carbocycles. The lowest BCUT2D eigenvalue weighted by molar-refractivity contribution is 0.190. The summed E-state index contributed by atoms with van der Waals surface area (Å²) in [5, 5.41) is 19.9. The smallest absolute Gasteiger partial charge is 0.140 e. The summed E-state index contributed by atoms with van der Waals surface area (Å²) in [6.07, 6.45) is 2.24. The zero-order valence-electron chi connectivity index (χ0n) is 20.3. The monoisotopic (exact) mass is 491 g/mol. The summed E-state index contributed by atoms with van der Waals surface area (Å²) in [4.78, 5) is 3.38. The van der Waals surface area contributed by atoms with Crippen LogP contribution < -0.4 is 9.47 Å². The van der Waals surface area contributed by atoms with E-state index < -0.39 is 0 Å². The average molecular weight is 492 g/mol. The van der Waals surface area contributed by atoms with Crippen LogP contribution in [0.5, 0.6) is 23.0 Å². The summed E-state index contributed by atoms with van der Waals surface area (Å²) in [6.45, 7) is 8.59. The number of ether oxygens (including phenoxy) is 2. The summed E-state index contributed by atoms with van der Waals surface area (Å²) in [5.74, 6) is 2.04. The lowest BCUT2D eigenvalue weighted by Crippen LogP contribution is -2.28. The van der Waals surface area contributed by atoms with E-state index in [1.807, 2.05) is 30.3 Å². The fourth-order valence-corrected chi connectivity index (χ4v) is 6.24. The number of nitrogens with zero attached hydrogens (tertiary/aromatic N) is 1. The Hall–Kier alpha value is -2.83. The van der Waals surface area contributed by atoms with Crippen molar-refractivity contribution in [2.24, 2.45) is 5.41 Å². The van der Waals surface area contributed by atoms with Gasteiger partial charge >= 0.3 is 0 Å².